The molecular weight excluding hydrogens is 308 g/mol. The zero-order valence-corrected chi connectivity index (χ0v) is 14.9. The molecule has 0 saturated carbocycles. The van der Waals surface area contributed by atoms with Crippen molar-refractivity contribution in [2.45, 2.75) is 46.3 Å². The molecule has 1 aromatic carbocycles. The Hall–Kier alpha value is -2.32. The Morgan fingerprint density at radius 1 is 1.21 bits per heavy atom. The highest BCUT2D eigenvalue weighted by molar-refractivity contribution is 5.73. The number of methoxy groups -OCH3 is 1. The number of rotatable bonds is 6. The molecule has 0 fully saturated rings. The lowest BCUT2D eigenvalue weighted by Crippen LogP contribution is -2.26. The van der Waals surface area contributed by atoms with Crippen LogP contribution in [0.25, 0.3) is 0 Å². The summed E-state index contributed by atoms with van der Waals surface area (Å²) in [5, 5.41) is 0. The molecule has 0 saturated heterocycles. The van der Waals surface area contributed by atoms with E-state index in [0.29, 0.717) is 5.56 Å². The minimum absolute atomic E-state index is 0.129. The molecule has 0 amide bonds. The molecule has 5 heteroatoms. The molecule has 0 N–H and O–H groups in total. The van der Waals surface area contributed by atoms with Crippen molar-refractivity contribution in [3.63, 3.8) is 0 Å². The van der Waals surface area contributed by atoms with Crippen molar-refractivity contribution in [3.8, 4) is 12.3 Å². The van der Waals surface area contributed by atoms with Crippen molar-refractivity contribution in [3.05, 3.63) is 34.4 Å². The average Bonchev–Trinajstić information content (AvgIpc) is 2.48. The first kappa shape index (κ1) is 19.7. The van der Waals surface area contributed by atoms with Crippen LogP contribution in [0.15, 0.2) is 12.1 Å². The zero-order valence-electron chi connectivity index (χ0n) is 14.9. The Kier molecular flexibility index (Phi) is 6.99. The quantitative estimate of drug-likeness (QED) is 0.592. The molecule has 1 aromatic rings. The predicted octanol–water partition coefficient (Wildman–Crippen LogP) is 2.55. The molecule has 24 heavy (non-hydrogen) atoms. The van der Waals surface area contributed by atoms with Gasteiger partial charge in [0.2, 0.25) is 0 Å². The number of terminal acetylenes is 1. The molecule has 0 aliphatic heterocycles. The molecule has 0 spiro atoms. The van der Waals surface area contributed by atoms with Gasteiger partial charge < -0.3 is 14.2 Å². The van der Waals surface area contributed by atoms with E-state index in [0.717, 1.165) is 16.7 Å². The van der Waals surface area contributed by atoms with Gasteiger partial charge in [0.05, 0.1) is 20.1 Å². The molecule has 0 heterocycles. The van der Waals surface area contributed by atoms with Crippen LogP contribution in [-0.2, 0) is 36.8 Å². The van der Waals surface area contributed by atoms with Crippen LogP contribution in [0.5, 0.6) is 0 Å². The predicted molar refractivity (Wildman–Crippen MR) is 90.3 cm³/mol. The SMILES string of the molecule is C#Cc1cc(CC(=O)OC)cc(COCC(=O)OC(C)(C)C)c1C. The number of ether oxygens (including phenoxy) is 3. The molecule has 1 rings (SSSR count). The summed E-state index contributed by atoms with van der Waals surface area (Å²) in [6.07, 6.45) is 5.65. The van der Waals surface area contributed by atoms with E-state index in [2.05, 4.69) is 10.7 Å². The maximum atomic E-state index is 11.7. The first-order chi connectivity index (χ1) is 11.2. The van der Waals surface area contributed by atoms with Crippen LogP contribution >= 0.6 is 0 Å². The van der Waals surface area contributed by atoms with Gasteiger partial charge in [-0.2, -0.15) is 0 Å². The Balaban J connectivity index is 2.80. The van der Waals surface area contributed by atoms with Crippen molar-refractivity contribution in [1.82, 2.24) is 0 Å². The minimum Gasteiger partial charge on any atom is -0.469 e. The topological polar surface area (TPSA) is 61.8 Å². The number of esters is 2. The fourth-order valence-corrected chi connectivity index (χ4v) is 2.10. The van der Waals surface area contributed by atoms with Gasteiger partial charge in [-0.1, -0.05) is 12.0 Å². The Labute approximate surface area is 143 Å². The van der Waals surface area contributed by atoms with E-state index in [1.807, 2.05) is 13.0 Å². The summed E-state index contributed by atoms with van der Waals surface area (Å²) in [6, 6.07) is 3.62. The summed E-state index contributed by atoms with van der Waals surface area (Å²) in [5.74, 6) is 1.83. The second kappa shape index (κ2) is 8.51. The largest absolute Gasteiger partial charge is 0.469 e. The van der Waals surface area contributed by atoms with Gasteiger partial charge in [0, 0.05) is 5.56 Å². The Morgan fingerprint density at radius 3 is 2.42 bits per heavy atom. The van der Waals surface area contributed by atoms with E-state index in [9.17, 15) is 9.59 Å². The van der Waals surface area contributed by atoms with Crippen LogP contribution in [0.4, 0.5) is 0 Å². The third-order valence-corrected chi connectivity index (χ3v) is 3.20. The second-order valence-electron chi connectivity index (χ2n) is 6.40. The van der Waals surface area contributed by atoms with Crippen LogP contribution in [-0.4, -0.2) is 31.3 Å². The van der Waals surface area contributed by atoms with Gasteiger partial charge in [-0.25, -0.2) is 4.79 Å². The molecule has 0 aliphatic rings. The highest BCUT2D eigenvalue weighted by Gasteiger charge is 2.16. The first-order valence-corrected chi connectivity index (χ1v) is 7.61. The fourth-order valence-electron chi connectivity index (χ4n) is 2.10. The third-order valence-electron chi connectivity index (χ3n) is 3.20. The van der Waals surface area contributed by atoms with Crippen LogP contribution in [0.2, 0.25) is 0 Å². The molecule has 0 radical (unpaired) electrons. The molecule has 5 nitrogen and oxygen atoms in total. The maximum Gasteiger partial charge on any atom is 0.332 e. The van der Waals surface area contributed by atoms with Crippen LogP contribution in [0.1, 0.15) is 43.0 Å². The first-order valence-electron chi connectivity index (χ1n) is 7.61. The van der Waals surface area contributed by atoms with Gasteiger partial charge in [0.25, 0.3) is 0 Å². The lowest BCUT2D eigenvalue weighted by molar-refractivity contribution is -0.160. The summed E-state index contributed by atoms with van der Waals surface area (Å²) in [4.78, 5) is 23.1. The van der Waals surface area contributed by atoms with Gasteiger partial charge in [-0.15, -0.1) is 6.42 Å². The van der Waals surface area contributed by atoms with Gasteiger partial charge in [-0.3, -0.25) is 4.79 Å². The summed E-state index contributed by atoms with van der Waals surface area (Å²) in [6.45, 7) is 7.32. The van der Waals surface area contributed by atoms with Crippen LogP contribution in [0, 0.1) is 19.3 Å². The molecule has 0 aromatic heterocycles. The van der Waals surface area contributed by atoms with Crippen LogP contribution in [0.3, 0.4) is 0 Å². The summed E-state index contributed by atoms with van der Waals surface area (Å²) in [5.41, 5.74) is 2.60. The molecule has 130 valence electrons. The Bertz CT molecular complexity index is 647. The Morgan fingerprint density at radius 2 is 1.88 bits per heavy atom. The van der Waals surface area contributed by atoms with E-state index in [1.54, 1.807) is 26.8 Å². The van der Waals surface area contributed by atoms with Gasteiger partial charge in [-0.05, 0) is 50.5 Å². The molecule has 0 unspecified atom stereocenters. The fraction of sp³-hybridized carbons (Fsp3) is 0.474. The van der Waals surface area contributed by atoms with Crippen molar-refractivity contribution >= 4 is 11.9 Å². The number of carbonyl (C=O) groups is 2. The van der Waals surface area contributed by atoms with E-state index in [-0.39, 0.29) is 25.6 Å². The van der Waals surface area contributed by atoms with Crippen molar-refractivity contribution in [1.29, 1.82) is 0 Å². The van der Waals surface area contributed by atoms with E-state index in [4.69, 9.17) is 15.9 Å². The number of carbonyl (C=O) groups excluding carboxylic acids is 2. The summed E-state index contributed by atoms with van der Waals surface area (Å²) < 4.78 is 15.3. The number of hydrogen-bond donors (Lipinski definition) is 0. The number of hydrogen-bond acceptors (Lipinski definition) is 5. The summed E-state index contributed by atoms with van der Waals surface area (Å²) in [7, 11) is 1.34. The van der Waals surface area contributed by atoms with Crippen molar-refractivity contribution in [2.75, 3.05) is 13.7 Å². The second-order valence-corrected chi connectivity index (χ2v) is 6.40. The maximum absolute atomic E-state index is 11.7. The standard InChI is InChI=1S/C19H24O5/c1-7-15-8-14(10-17(20)22-6)9-16(13(15)2)11-23-12-18(21)24-19(3,4)5/h1,8-9H,10-12H2,2-6H3. The van der Waals surface area contributed by atoms with Gasteiger partial charge in [0.15, 0.2) is 0 Å². The lowest BCUT2D eigenvalue weighted by atomic mass is 9.98. The molecular formula is C19H24O5. The van der Waals surface area contributed by atoms with Crippen molar-refractivity contribution in [2.24, 2.45) is 0 Å². The van der Waals surface area contributed by atoms with Gasteiger partial charge in [0.1, 0.15) is 12.2 Å². The van der Waals surface area contributed by atoms with Gasteiger partial charge >= 0.3 is 11.9 Å². The van der Waals surface area contributed by atoms with Crippen LogP contribution < -0.4 is 0 Å². The average molecular weight is 332 g/mol. The molecule has 0 aliphatic carbocycles. The molecule has 0 atom stereocenters. The normalized spacial score (nSPS) is 10.8. The lowest BCUT2D eigenvalue weighted by Gasteiger charge is -2.19. The highest BCUT2D eigenvalue weighted by Crippen LogP contribution is 2.18. The minimum atomic E-state index is -0.548. The monoisotopic (exact) mass is 332 g/mol. The summed E-state index contributed by atoms with van der Waals surface area (Å²) >= 11 is 0. The van der Waals surface area contributed by atoms with E-state index < -0.39 is 11.6 Å². The third kappa shape index (κ3) is 6.43. The smallest absolute Gasteiger partial charge is 0.332 e. The van der Waals surface area contributed by atoms with E-state index in [1.165, 1.54) is 7.11 Å². The molecule has 0 bridgehead atoms. The van der Waals surface area contributed by atoms with Crippen molar-refractivity contribution < 1.29 is 23.8 Å². The number of benzene rings is 1. The van der Waals surface area contributed by atoms with E-state index >= 15 is 0 Å². The highest BCUT2D eigenvalue weighted by atomic mass is 16.6. The zero-order chi connectivity index (χ0) is 18.3.